The number of hydrogen-bond acceptors (Lipinski definition) is 3. The van der Waals surface area contributed by atoms with Gasteiger partial charge in [0.15, 0.2) is 0 Å². The summed E-state index contributed by atoms with van der Waals surface area (Å²) in [6.07, 6.45) is 3.05. The predicted molar refractivity (Wildman–Crippen MR) is 58.1 cm³/mol. The number of rotatable bonds is 2. The number of nitrogens with zero attached hydrogens (tertiary/aromatic N) is 2. The molecule has 0 saturated carbocycles. The van der Waals surface area contributed by atoms with Crippen LogP contribution in [-0.4, -0.2) is 26.9 Å². The van der Waals surface area contributed by atoms with E-state index in [1.807, 2.05) is 31.2 Å². The molecule has 0 radical (unpaired) electrons. The molecule has 1 aromatic heterocycles. The molecule has 76 valence electrons. The number of hydrogen-bond donors (Lipinski definition) is 2. The van der Waals surface area contributed by atoms with Crippen molar-refractivity contribution in [3.05, 3.63) is 42.2 Å². The Balaban J connectivity index is 2.42. The zero-order chi connectivity index (χ0) is 10.8. The minimum Gasteiger partial charge on any atom is -0.423 e. The van der Waals surface area contributed by atoms with Crippen LogP contribution in [0.1, 0.15) is 5.56 Å². The molecule has 0 unspecified atom stereocenters. The van der Waals surface area contributed by atoms with Crippen LogP contribution in [-0.2, 0) is 0 Å². The second-order valence-corrected chi connectivity index (χ2v) is 3.38. The molecule has 0 fully saturated rings. The highest BCUT2D eigenvalue weighted by molar-refractivity contribution is 6.58. The van der Waals surface area contributed by atoms with E-state index < -0.39 is 7.12 Å². The first-order valence-electron chi connectivity index (χ1n) is 4.65. The number of aryl methyl sites for hydroxylation is 1. The van der Waals surface area contributed by atoms with Gasteiger partial charge >= 0.3 is 7.12 Å². The topological polar surface area (TPSA) is 58.3 Å². The van der Waals surface area contributed by atoms with Gasteiger partial charge in [-0.05, 0) is 18.6 Å². The first-order chi connectivity index (χ1) is 7.18. The molecule has 1 heterocycles. The molecule has 0 aliphatic carbocycles. The summed E-state index contributed by atoms with van der Waals surface area (Å²) >= 11 is 0. The van der Waals surface area contributed by atoms with Crippen molar-refractivity contribution in [2.75, 3.05) is 0 Å². The van der Waals surface area contributed by atoms with E-state index in [1.54, 1.807) is 10.9 Å². The van der Waals surface area contributed by atoms with Crippen molar-refractivity contribution in [2.24, 2.45) is 0 Å². The Morgan fingerprint density at radius 2 is 2.00 bits per heavy atom. The molecular formula is C10H11BN2O2. The van der Waals surface area contributed by atoms with Crippen molar-refractivity contribution >= 4 is 12.6 Å². The van der Waals surface area contributed by atoms with E-state index in [1.165, 1.54) is 6.20 Å². The van der Waals surface area contributed by atoms with E-state index in [0.29, 0.717) is 5.46 Å². The average molecular weight is 202 g/mol. The van der Waals surface area contributed by atoms with Gasteiger partial charge in [-0.1, -0.05) is 18.2 Å². The lowest BCUT2D eigenvalue weighted by Crippen LogP contribution is -2.28. The molecule has 2 aromatic rings. The Hall–Kier alpha value is -1.59. The summed E-state index contributed by atoms with van der Waals surface area (Å²) in [6, 6.07) is 7.77. The lowest BCUT2D eigenvalue weighted by Gasteiger charge is -2.04. The fourth-order valence-electron chi connectivity index (χ4n) is 1.42. The highest BCUT2D eigenvalue weighted by Gasteiger charge is 2.13. The van der Waals surface area contributed by atoms with Gasteiger partial charge in [-0.3, -0.25) is 0 Å². The molecule has 2 rings (SSSR count). The largest absolute Gasteiger partial charge is 0.491 e. The van der Waals surface area contributed by atoms with E-state index in [2.05, 4.69) is 5.10 Å². The van der Waals surface area contributed by atoms with E-state index in [9.17, 15) is 0 Å². The Bertz CT molecular complexity index is 468. The molecule has 0 amide bonds. The Morgan fingerprint density at radius 3 is 2.60 bits per heavy atom. The monoisotopic (exact) mass is 202 g/mol. The first kappa shape index (κ1) is 9.95. The quantitative estimate of drug-likeness (QED) is 0.666. The van der Waals surface area contributed by atoms with Gasteiger partial charge in [-0.25, -0.2) is 4.68 Å². The Kier molecular flexibility index (Phi) is 2.57. The van der Waals surface area contributed by atoms with Crippen LogP contribution in [0.2, 0.25) is 0 Å². The van der Waals surface area contributed by atoms with E-state index in [-0.39, 0.29) is 0 Å². The van der Waals surface area contributed by atoms with Gasteiger partial charge in [0, 0.05) is 17.9 Å². The summed E-state index contributed by atoms with van der Waals surface area (Å²) in [6.45, 7) is 1.98. The fraction of sp³-hybridized carbons (Fsp3) is 0.100. The second-order valence-electron chi connectivity index (χ2n) is 3.38. The summed E-state index contributed by atoms with van der Waals surface area (Å²) in [7, 11) is -1.47. The maximum absolute atomic E-state index is 8.96. The van der Waals surface area contributed by atoms with Crippen LogP contribution in [0, 0.1) is 6.92 Å². The van der Waals surface area contributed by atoms with E-state index in [4.69, 9.17) is 10.0 Å². The van der Waals surface area contributed by atoms with Crippen molar-refractivity contribution < 1.29 is 10.0 Å². The molecule has 0 spiro atoms. The SMILES string of the molecule is Cc1ccccc1-n1cc(B(O)O)cn1. The van der Waals surface area contributed by atoms with Gasteiger partial charge in [0.2, 0.25) is 0 Å². The normalized spacial score (nSPS) is 10.3. The molecule has 0 saturated heterocycles. The van der Waals surface area contributed by atoms with Crippen LogP contribution >= 0.6 is 0 Å². The van der Waals surface area contributed by atoms with Gasteiger partial charge in [-0.15, -0.1) is 0 Å². The molecule has 2 N–H and O–H groups in total. The molecule has 15 heavy (non-hydrogen) atoms. The van der Waals surface area contributed by atoms with E-state index >= 15 is 0 Å². The maximum Gasteiger partial charge on any atom is 0.491 e. The Morgan fingerprint density at radius 1 is 1.27 bits per heavy atom. The summed E-state index contributed by atoms with van der Waals surface area (Å²) < 4.78 is 1.63. The zero-order valence-electron chi connectivity index (χ0n) is 8.33. The lowest BCUT2D eigenvalue weighted by molar-refractivity contribution is 0.426. The lowest BCUT2D eigenvalue weighted by atomic mass is 9.83. The summed E-state index contributed by atoms with van der Waals surface area (Å²) in [5.74, 6) is 0. The summed E-state index contributed by atoms with van der Waals surface area (Å²) in [4.78, 5) is 0. The van der Waals surface area contributed by atoms with Crippen LogP contribution in [0.15, 0.2) is 36.7 Å². The van der Waals surface area contributed by atoms with Crippen molar-refractivity contribution in [2.45, 2.75) is 6.92 Å². The van der Waals surface area contributed by atoms with Crippen molar-refractivity contribution in [1.29, 1.82) is 0 Å². The van der Waals surface area contributed by atoms with Gasteiger partial charge in [0.1, 0.15) is 0 Å². The van der Waals surface area contributed by atoms with Crippen LogP contribution in [0.5, 0.6) is 0 Å². The van der Waals surface area contributed by atoms with Crippen LogP contribution < -0.4 is 5.46 Å². The van der Waals surface area contributed by atoms with Gasteiger partial charge in [-0.2, -0.15) is 5.10 Å². The molecule has 0 aliphatic heterocycles. The number of benzene rings is 1. The van der Waals surface area contributed by atoms with Crippen LogP contribution in [0.25, 0.3) is 5.69 Å². The summed E-state index contributed by atoms with van der Waals surface area (Å²) in [5, 5.41) is 22.0. The minimum atomic E-state index is -1.47. The third kappa shape index (κ3) is 1.93. The van der Waals surface area contributed by atoms with Crippen molar-refractivity contribution in [1.82, 2.24) is 9.78 Å². The third-order valence-electron chi connectivity index (χ3n) is 2.26. The fourth-order valence-corrected chi connectivity index (χ4v) is 1.42. The highest BCUT2D eigenvalue weighted by atomic mass is 16.4. The Labute approximate surface area is 87.9 Å². The van der Waals surface area contributed by atoms with Crippen LogP contribution in [0.3, 0.4) is 0 Å². The zero-order valence-corrected chi connectivity index (χ0v) is 8.33. The second kappa shape index (κ2) is 3.88. The summed E-state index contributed by atoms with van der Waals surface area (Å²) in [5.41, 5.74) is 2.40. The smallest absolute Gasteiger partial charge is 0.423 e. The molecule has 0 atom stereocenters. The molecule has 0 bridgehead atoms. The van der Waals surface area contributed by atoms with Gasteiger partial charge < -0.3 is 10.0 Å². The number of aromatic nitrogens is 2. The standard InChI is InChI=1S/C10H11BN2O2/c1-8-4-2-3-5-10(8)13-7-9(6-12-13)11(14)15/h2-7,14-15H,1H3. The molecular weight excluding hydrogens is 191 g/mol. The average Bonchev–Trinajstić information content (AvgIpc) is 2.67. The number of para-hydroxylation sites is 1. The molecule has 1 aromatic carbocycles. The maximum atomic E-state index is 8.96. The van der Waals surface area contributed by atoms with Crippen molar-refractivity contribution in [3.8, 4) is 5.69 Å². The molecule has 5 heteroatoms. The molecule has 0 aliphatic rings. The van der Waals surface area contributed by atoms with Crippen molar-refractivity contribution in [3.63, 3.8) is 0 Å². The third-order valence-corrected chi connectivity index (χ3v) is 2.26. The highest BCUT2D eigenvalue weighted by Crippen LogP contribution is 2.10. The first-order valence-corrected chi connectivity index (χ1v) is 4.65. The van der Waals surface area contributed by atoms with E-state index in [0.717, 1.165) is 11.3 Å². The predicted octanol–water partition coefficient (Wildman–Crippen LogP) is -0.139. The van der Waals surface area contributed by atoms with Crippen LogP contribution in [0.4, 0.5) is 0 Å². The minimum absolute atomic E-state index is 0.387. The van der Waals surface area contributed by atoms with Gasteiger partial charge in [0.05, 0.1) is 5.69 Å². The van der Waals surface area contributed by atoms with Gasteiger partial charge in [0.25, 0.3) is 0 Å². The molecule has 4 nitrogen and oxygen atoms in total.